The molecule has 146 valence electrons. The largest absolute Gasteiger partial charge is 0.495 e. The highest BCUT2D eigenvalue weighted by Crippen LogP contribution is 2.31. The molecule has 1 heterocycles. The zero-order valence-electron chi connectivity index (χ0n) is 16.3. The third-order valence-corrected chi connectivity index (χ3v) is 7.93. The van der Waals surface area contributed by atoms with Crippen LogP contribution in [0.25, 0.3) is 0 Å². The number of benzene rings is 1. The third-order valence-electron chi connectivity index (χ3n) is 6.01. The molecule has 1 aliphatic carbocycles. The van der Waals surface area contributed by atoms with Gasteiger partial charge in [-0.2, -0.15) is 4.31 Å². The number of hydrogen-bond acceptors (Lipinski definition) is 4. The molecule has 2 aliphatic rings. The molecule has 1 aromatic rings. The molecular formula is C20H32N2O3S. The van der Waals surface area contributed by atoms with E-state index >= 15 is 0 Å². The van der Waals surface area contributed by atoms with Crippen LogP contribution in [0, 0.1) is 13.8 Å². The molecule has 1 aliphatic heterocycles. The van der Waals surface area contributed by atoms with E-state index < -0.39 is 10.0 Å². The lowest BCUT2D eigenvalue weighted by molar-refractivity contribution is 0.126. The summed E-state index contributed by atoms with van der Waals surface area (Å²) < 4.78 is 33.4. The fraction of sp³-hybridized carbons (Fsp3) is 0.700. The maximum Gasteiger partial charge on any atom is 0.246 e. The van der Waals surface area contributed by atoms with E-state index in [1.54, 1.807) is 10.4 Å². The van der Waals surface area contributed by atoms with Crippen molar-refractivity contribution in [2.75, 3.05) is 33.3 Å². The Balaban J connectivity index is 1.73. The smallest absolute Gasteiger partial charge is 0.246 e. The molecule has 5 nitrogen and oxygen atoms in total. The van der Waals surface area contributed by atoms with Crippen LogP contribution in [-0.4, -0.2) is 57.0 Å². The monoisotopic (exact) mass is 380 g/mol. The van der Waals surface area contributed by atoms with Crippen LogP contribution in [0.1, 0.15) is 49.7 Å². The minimum Gasteiger partial charge on any atom is -0.495 e. The normalized spacial score (nSPS) is 21.5. The maximum absolute atomic E-state index is 13.2. The van der Waals surface area contributed by atoms with Crippen molar-refractivity contribution in [3.8, 4) is 5.75 Å². The van der Waals surface area contributed by atoms with Gasteiger partial charge in [0.2, 0.25) is 10.0 Å². The summed E-state index contributed by atoms with van der Waals surface area (Å²) in [6.07, 6.45) is 7.83. The molecule has 26 heavy (non-hydrogen) atoms. The highest BCUT2D eigenvalue weighted by molar-refractivity contribution is 7.89. The number of methoxy groups -OCH3 is 1. The summed E-state index contributed by atoms with van der Waals surface area (Å²) in [5, 5.41) is 0. The van der Waals surface area contributed by atoms with Crippen LogP contribution in [0.3, 0.4) is 0 Å². The van der Waals surface area contributed by atoms with Crippen LogP contribution in [-0.2, 0) is 10.0 Å². The number of sulfonamides is 1. The van der Waals surface area contributed by atoms with E-state index in [2.05, 4.69) is 4.90 Å². The highest BCUT2D eigenvalue weighted by Gasteiger charge is 2.33. The van der Waals surface area contributed by atoms with Gasteiger partial charge in [-0.3, -0.25) is 4.90 Å². The molecule has 0 amide bonds. The Labute approximate surface area is 158 Å². The highest BCUT2D eigenvalue weighted by atomic mass is 32.2. The summed E-state index contributed by atoms with van der Waals surface area (Å²) in [7, 11) is -1.99. The summed E-state index contributed by atoms with van der Waals surface area (Å²) in [5.74, 6) is 0.444. The SMILES string of the molecule is COc1cc(C)c(C)cc1S(=O)(=O)N1CCN(C2CCCCCC2)CC1. The molecule has 6 heteroatoms. The fourth-order valence-electron chi connectivity index (χ4n) is 4.20. The average molecular weight is 381 g/mol. The number of hydrogen-bond donors (Lipinski definition) is 0. The van der Waals surface area contributed by atoms with Crippen LogP contribution in [0.5, 0.6) is 5.75 Å². The molecule has 0 radical (unpaired) electrons. The Morgan fingerprint density at radius 2 is 1.50 bits per heavy atom. The number of rotatable bonds is 4. The van der Waals surface area contributed by atoms with Crippen LogP contribution >= 0.6 is 0 Å². The predicted molar refractivity (Wildman–Crippen MR) is 104 cm³/mol. The lowest BCUT2D eigenvalue weighted by atomic mass is 10.1. The molecule has 2 fully saturated rings. The van der Waals surface area contributed by atoms with Crippen LogP contribution < -0.4 is 4.74 Å². The van der Waals surface area contributed by atoms with Gasteiger partial charge in [-0.1, -0.05) is 25.7 Å². The number of nitrogens with zero attached hydrogens (tertiary/aromatic N) is 2. The van der Waals surface area contributed by atoms with E-state index in [-0.39, 0.29) is 0 Å². The van der Waals surface area contributed by atoms with Crippen molar-refractivity contribution in [2.24, 2.45) is 0 Å². The van der Waals surface area contributed by atoms with Gasteiger partial charge in [-0.25, -0.2) is 8.42 Å². The van der Waals surface area contributed by atoms with Gasteiger partial charge in [0, 0.05) is 32.2 Å². The average Bonchev–Trinajstić information content (AvgIpc) is 2.93. The third kappa shape index (κ3) is 4.07. The van der Waals surface area contributed by atoms with Gasteiger partial charge in [0.05, 0.1) is 7.11 Å². The van der Waals surface area contributed by atoms with E-state index in [9.17, 15) is 8.42 Å². The molecule has 0 N–H and O–H groups in total. The standard InChI is InChI=1S/C20H32N2O3S/c1-16-14-19(25-3)20(15-17(16)2)26(23,24)22-12-10-21(11-13-22)18-8-6-4-5-7-9-18/h14-15,18H,4-13H2,1-3H3. The van der Waals surface area contributed by atoms with Crippen molar-refractivity contribution in [3.63, 3.8) is 0 Å². The minimum atomic E-state index is -3.52. The van der Waals surface area contributed by atoms with E-state index in [1.807, 2.05) is 19.9 Å². The van der Waals surface area contributed by atoms with Crippen molar-refractivity contribution >= 4 is 10.0 Å². The number of aryl methyl sites for hydroxylation is 2. The summed E-state index contributed by atoms with van der Waals surface area (Å²) in [6.45, 7) is 6.70. The van der Waals surface area contributed by atoms with Gasteiger partial charge in [0.15, 0.2) is 0 Å². The zero-order chi connectivity index (χ0) is 18.7. The summed E-state index contributed by atoms with van der Waals surface area (Å²) in [4.78, 5) is 2.81. The second-order valence-corrected chi connectivity index (χ2v) is 9.58. The fourth-order valence-corrected chi connectivity index (χ4v) is 5.84. The Bertz CT molecular complexity index is 717. The molecule has 0 spiro atoms. The van der Waals surface area contributed by atoms with Gasteiger partial charge < -0.3 is 4.74 Å². The summed E-state index contributed by atoms with van der Waals surface area (Å²) in [5.41, 5.74) is 2.01. The topological polar surface area (TPSA) is 49.9 Å². The Hall–Kier alpha value is -1.11. The van der Waals surface area contributed by atoms with E-state index in [0.29, 0.717) is 29.8 Å². The van der Waals surface area contributed by atoms with Gasteiger partial charge in [-0.05, 0) is 49.9 Å². The quantitative estimate of drug-likeness (QED) is 0.752. The Kier molecular flexibility index (Phi) is 6.25. The molecule has 0 unspecified atom stereocenters. The number of piperazine rings is 1. The summed E-state index contributed by atoms with van der Waals surface area (Å²) in [6, 6.07) is 4.21. The maximum atomic E-state index is 13.2. The predicted octanol–water partition coefficient (Wildman–Crippen LogP) is 3.34. The minimum absolute atomic E-state index is 0.297. The molecular weight excluding hydrogens is 348 g/mol. The Morgan fingerprint density at radius 3 is 2.08 bits per heavy atom. The second kappa shape index (κ2) is 8.28. The van der Waals surface area contributed by atoms with Crippen LogP contribution in [0.15, 0.2) is 17.0 Å². The van der Waals surface area contributed by atoms with E-state index in [0.717, 1.165) is 24.2 Å². The lowest BCUT2D eigenvalue weighted by Crippen LogP contribution is -2.51. The van der Waals surface area contributed by atoms with Gasteiger partial charge in [0.1, 0.15) is 10.6 Å². The first-order chi connectivity index (χ1) is 12.4. The molecule has 3 rings (SSSR count). The first kappa shape index (κ1) is 19.6. The van der Waals surface area contributed by atoms with Gasteiger partial charge >= 0.3 is 0 Å². The summed E-state index contributed by atoms with van der Waals surface area (Å²) >= 11 is 0. The van der Waals surface area contributed by atoms with Crippen molar-refractivity contribution < 1.29 is 13.2 Å². The van der Waals surface area contributed by atoms with E-state index in [4.69, 9.17) is 4.74 Å². The first-order valence-corrected chi connectivity index (χ1v) is 11.3. The molecule has 1 aromatic carbocycles. The van der Waals surface area contributed by atoms with Crippen molar-refractivity contribution in [3.05, 3.63) is 23.3 Å². The number of ether oxygens (including phenoxy) is 1. The van der Waals surface area contributed by atoms with Gasteiger partial charge in [0.25, 0.3) is 0 Å². The van der Waals surface area contributed by atoms with Crippen LogP contribution in [0.2, 0.25) is 0 Å². The first-order valence-electron chi connectivity index (χ1n) is 9.83. The Morgan fingerprint density at radius 1 is 0.923 bits per heavy atom. The molecule has 1 saturated carbocycles. The second-order valence-electron chi connectivity index (χ2n) is 7.67. The molecule has 0 atom stereocenters. The van der Waals surface area contributed by atoms with Gasteiger partial charge in [-0.15, -0.1) is 0 Å². The zero-order valence-corrected chi connectivity index (χ0v) is 17.1. The van der Waals surface area contributed by atoms with Crippen LogP contribution in [0.4, 0.5) is 0 Å². The van der Waals surface area contributed by atoms with E-state index in [1.165, 1.54) is 45.6 Å². The molecule has 0 aromatic heterocycles. The van der Waals surface area contributed by atoms with Crippen molar-refractivity contribution in [1.29, 1.82) is 0 Å². The van der Waals surface area contributed by atoms with Crippen molar-refractivity contribution in [2.45, 2.75) is 63.3 Å². The lowest BCUT2D eigenvalue weighted by Gasteiger charge is -2.38. The van der Waals surface area contributed by atoms with Crippen molar-refractivity contribution in [1.82, 2.24) is 9.21 Å². The molecule has 0 bridgehead atoms. The molecule has 1 saturated heterocycles.